The molecule has 0 aliphatic carbocycles. The number of Topliss-reactive ketones (excluding diaryl/α,β-unsaturated/α-hetero) is 1. The van der Waals surface area contributed by atoms with Gasteiger partial charge in [0.25, 0.3) is 5.78 Å². The first-order valence-electron chi connectivity index (χ1n) is 6.82. The van der Waals surface area contributed by atoms with Crippen LogP contribution in [0, 0.1) is 0 Å². The third-order valence-electron chi connectivity index (χ3n) is 3.40. The van der Waals surface area contributed by atoms with Crippen molar-refractivity contribution in [3.63, 3.8) is 0 Å². The minimum atomic E-state index is -0.602. The third-order valence-corrected chi connectivity index (χ3v) is 3.40. The summed E-state index contributed by atoms with van der Waals surface area (Å²) in [4.78, 5) is 24.2. The van der Waals surface area contributed by atoms with E-state index < -0.39 is 11.7 Å². The highest BCUT2D eigenvalue weighted by atomic mass is 16.5. The number of benzene rings is 2. The maximum atomic E-state index is 12.1. The monoisotopic (exact) mass is 294 g/mol. The number of rotatable bonds is 4. The smallest absolute Gasteiger partial charge is 0.317 e. The van der Waals surface area contributed by atoms with E-state index in [9.17, 15) is 9.59 Å². The molecule has 5 heteroatoms. The average molecular weight is 294 g/mol. The summed E-state index contributed by atoms with van der Waals surface area (Å²) in [5.41, 5.74) is 1.70. The molecular formula is C17H14N2O3. The van der Waals surface area contributed by atoms with Crippen molar-refractivity contribution in [2.24, 2.45) is 5.10 Å². The molecule has 0 unspecified atom stereocenters. The average Bonchev–Trinajstić information content (AvgIpc) is 2.84. The molecule has 0 saturated carbocycles. The molecule has 1 amide bonds. The van der Waals surface area contributed by atoms with Gasteiger partial charge in [-0.25, -0.2) is 5.01 Å². The zero-order chi connectivity index (χ0) is 15.5. The van der Waals surface area contributed by atoms with E-state index in [1.165, 1.54) is 5.01 Å². The first-order valence-corrected chi connectivity index (χ1v) is 6.82. The van der Waals surface area contributed by atoms with E-state index in [0.717, 1.165) is 5.56 Å². The minimum absolute atomic E-state index is 0.170. The molecule has 3 rings (SSSR count). The van der Waals surface area contributed by atoms with Crippen molar-refractivity contribution in [3.05, 3.63) is 65.7 Å². The molecule has 1 heterocycles. The first kappa shape index (κ1) is 14.0. The van der Waals surface area contributed by atoms with Crippen LogP contribution < -0.4 is 4.74 Å². The van der Waals surface area contributed by atoms with Crippen molar-refractivity contribution >= 4 is 17.4 Å². The molecule has 22 heavy (non-hydrogen) atoms. The summed E-state index contributed by atoms with van der Waals surface area (Å²) in [6, 6.07) is 16.3. The van der Waals surface area contributed by atoms with E-state index in [4.69, 9.17) is 4.74 Å². The van der Waals surface area contributed by atoms with E-state index in [-0.39, 0.29) is 12.3 Å². The molecule has 5 nitrogen and oxygen atoms in total. The van der Waals surface area contributed by atoms with Crippen molar-refractivity contribution in [2.45, 2.75) is 6.54 Å². The summed E-state index contributed by atoms with van der Waals surface area (Å²) in [7, 11) is 1.57. The van der Waals surface area contributed by atoms with Gasteiger partial charge in [-0.3, -0.25) is 9.59 Å². The minimum Gasteiger partial charge on any atom is -0.497 e. The lowest BCUT2D eigenvalue weighted by molar-refractivity contribution is -0.140. The Bertz CT molecular complexity index is 736. The highest BCUT2D eigenvalue weighted by Gasteiger charge is 2.34. The Morgan fingerprint density at radius 2 is 1.68 bits per heavy atom. The predicted octanol–water partition coefficient (Wildman–Crippen LogP) is 2.01. The lowest BCUT2D eigenvalue weighted by Gasteiger charge is -2.10. The number of hydrogen-bond donors (Lipinski definition) is 0. The van der Waals surface area contributed by atoms with E-state index in [1.54, 1.807) is 31.4 Å². The second kappa shape index (κ2) is 5.81. The Balaban J connectivity index is 1.86. The van der Waals surface area contributed by atoms with Crippen LogP contribution in [0.25, 0.3) is 0 Å². The summed E-state index contributed by atoms with van der Waals surface area (Å²) in [6.07, 6.45) is 0. The van der Waals surface area contributed by atoms with Crippen LogP contribution in [0.3, 0.4) is 0 Å². The molecule has 0 atom stereocenters. The first-order chi connectivity index (χ1) is 10.7. The van der Waals surface area contributed by atoms with Crippen LogP contribution >= 0.6 is 0 Å². The molecule has 0 spiro atoms. The van der Waals surface area contributed by atoms with Gasteiger partial charge in [0.05, 0.1) is 13.7 Å². The Morgan fingerprint density at radius 1 is 1.00 bits per heavy atom. The number of hydrogen-bond acceptors (Lipinski definition) is 4. The number of nitrogens with zero attached hydrogens (tertiary/aromatic N) is 2. The number of ketones is 1. The summed E-state index contributed by atoms with van der Waals surface area (Å²) in [6.45, 7) is 0.283. The van der Waals surface area contributed by atoms with Gasteiger partial charge in [-0.15, -0.1) is 0 Å². The zero-order valence-corrected chi connectivity index (χ0v) is 12.0. The Kier molecular flexibility index (Phi) is 3.70. The fourth-order valence-corrected chi connectivity index (χ4v) is 2.23. The molecule has 0 saturated heterocycles. The topological polar surface area (TPSA) is 59.0 Å². The van der Waals surface area contributed by atoms with E-state index in [1.807, 2.05) is 30.3 Å². The highest BCUT2D eigenvalue weighted by molar-refractivity contribution is 6.69. The van der Waals surface area contributed by atoms with Crippen LogP contribution in [0.1, 0.15) is 11.1 Å². The van der Waals surface area contributed by atoms with Crippen molar-refractivity contribution < 1.29 is 14.3 Å². The standard InChI is InChI=1S/C17H14N2O3/c1-22-14-9-7-13(8-10-14)15-16(20)17(21)19(18-15)11-12-5-3-2-4-6-12/h2-10H,11H2,1H3. The number of ether oxygens (including phenoxy) is 1. The molecule has 2 aromatic carbocycles. The normalized spacial score (nSPS) is 14.2. The highest BCUT2D eigenvalue weighted by Crippen LogP contribution is 2.18. The molecule has 0 bridgehead atoms. The number of carbonyl (C=O) groups is 2. The number of carbonyl (C=O) groups excluding carboxylic acids is 2. The van der Waals surface area contributed by atoms with Crippen LogP contribution in [-0.4, -0.2) is 29.5 Å². The van der Waals surface area contributed by atoms with Crippen LogP contribution in [-0.2, 0) is 16.1 Å². The molecule has 0 fully saturated rings. The van der Waals surface area contributed by atoms with Crippen LogP contribution in [0.5, 0.6) is 5.75 Å². The van der Waals surface area contributed by atoms with Crippen LogP contribution in [0.4, 0.5) is 0 Å². The molecule has 1 aliphatic rings. The molecule has 2 aromatic rings. The van der Waals surface area contributed by atoms with Gasteiger partial charge in [-0.1, -0.05) is 30.3 Å². The Hall–Kier alpha value is -2.95. The van der Waals surface area contributed by atoms with Crippen molar-refractivity contribution in [3.8, 4) is 5.75 Å². The quantitative estimate of drug-likeness (QED) is 0.810. The fourth-order valence-electron chi connectivity index (χ4n) is 2.23. The van der Waals surface area contributed by atoms with Crippen molar-refractivity contribution in [1.82, 2.24) is 5.01 Å². The van der Waals surface area contributed by atoms with E-state index >= 15 is 0 Å². The van der Waals surface area contributed by atoms with Gasteiger partial charge in [0.15, 0.2) is 0 Å². The Morgan fingerprint density at radius 3 is 2.32 bits per heavy atom. The summed E-state index contributed by atoms with van der Waals surface area (Å²) >= 11 is 0. The van der Waals surface area contributed by atoms with Gasteiger partial charge >= 0.3 is 5.91 Å². The number of hydrazone groups is 1. The van der Waals surface area contributed by atoms with Gasteiger partial charge in [-0.05, 0) is 29.8 Å². The molecule has 0 aromatic heterocycles. The van der Waals surface area contributed by atoms with E-state index in [0.29, 0.717) is 11.3 Å². The second-order valence-corrected chi connectivity index (χ2v) is 4.85. The lowest BCUT2D eigenvalue weighted by atomic mass is 10.1. The van der Waals surface area contributed by atoms with Gasteiger partial charge < -0.3 is 4.74 Å². The van der Waals surface area contributed by atoms with Gasteiger partial charge in [0.2, 0.25) is 0 Å². The van der Waals surface area contributed by atoms with Gasteiger partial charge in [0, 0.05) is 5.56 Å². The van der Waals surface area contributed by atoms with Crippen LogP contribution in [0.2, 0.25) is 0 Å². The second-order valence-electron chi connectivity index (χ2n) is 4.85. The fraction of sp³-hybridized carbons (Fsp3) is 0.118. The number of amides is 1. The summed E-state index contributed by atoms with van der Waals surface area (Å²) < 4.78 is 5.08. The SMILES string of the molecule is COc1ccc(C2=NN(Cc3ccccc3)C(=O)C2=O)cc1. The van der Waals surface area contributed by atoms with E-state index in [2.05, 4.69) is 5.10 Å². The lowest BCUT2D eigenvalue weighted by Crippen LogP contribution is -2.27. The van der Waals surface area contributed by atoms with Crippen molar-refractivity contribution in [2.75, 3.05) is 7.11 Å². The third kappa shape index (κ3) is 2.61. The van der Waals surface area contributed by atoms with Gasteiger partial charge in [-0.2, -0.15) is 5.10 Å². The molecule has 110 valence electrons. The van der Waals surface area contributed by atoms with Crippen molar-refractivity contribution in [1.29, 1.82) is 0 Å². The molecule has 0 N–H and O–H groups in total. The predicted molar refractivity (Wildman–Crippen MR) is 81.5 cm³/mol. The summed E-state index contributed by atoms with van der Waals surface area (Å²) in [5.74, 6) is -0.502. The Labute approximate surface area is 127 Å². The molecular weight excluding hydrogens is 280 g/mol. The molecule has 0 radical (unpaired) electrons. The zero-order valence-electron chi connectivity index (χ0n) is 12.0. The largest absolute Gasteiger partial charge is 0.497 e. The van der Waals surface area contributed by atoms with Gasteiger partial charge in [0.1, 0.15) is 11.5 Å². The van der Waals surface area contributed by atoms with Crippen LogP contribution in [0.15, 0.2) is 59.7 Å². The number of methoxy groups -OCH3 is 1. The summed E-state index contributed by atoms with van der Waals surface area (Å²) in [5, 5.41) is 5.39. The molecule has 1 aliphatic heterocycles. The maximum absolute atomic E-state index is 12.1. The maximum Gasteiger partial charge on any atom is 0.317 e.